The van der Waals surface area contributed by atoms with Crippen molar-refractivity contribution >= 4 is 0 Å². The molecule has 112 valence electrons. The molecule has 0 bridgehead atoms. The summed E-state index contributed by atoms with van der Waals surface area (Å²) in [6.45, 7) is 4.88. The summed E-state index contributed by atoms with van der Waals surface area (Å²) < 4.78 is 18.5. The van der Waals surface area contributed by atoms with Crippen molar-refractivity contribution in [2.45, 2.75) is 12.6 Å². The lowest BCUT2D eigenvalue weighted by molar-refractivity contribution is 0.113. The predicted octanol–water partition coefficient (Wildman–Crippen LogP) is 1.17. The molecule has 1 aromatic rings. The van der Waals surface area contributed by atoms with Crippen LogP contribution in [0.2, 0.25) is 0 Å². The first kappa shape index (κ1) is 15.2. The van der Waals surface area contributed by atoms with Gasteiger partial charge in [-0.05, 0) is 31.8 Å². The van der Waals surface area contributed by atoms with Crippen molar-refractivity contribution in [2.24, 2.45) is 0 Å². The van der Waals surface area contributed by atoms with Crippen LogP contribution in [0.4, 0.5) is 4.39 Å². The maximum absolute atomic E-state index is 13.6. The lowest BCUT2D eigenvalue weighted by Crippen LogP contribution is -2.53. The van der Waals surface area contributed by atoms with Crippen molar-refractivity contribution in [3.8, 4) is 5.75 Å². The summed E-state index contributed by atoms with van der Waals surface area (Å²) in [4.78, 5) is 4.72. The fourth-order valence-corrected chi connectivity index (χ4v) is 2.52. The summed E-state index contributed by atoms with van der Waals surface area (Å²) in [6.07, 6.45) is 0. The number of piperazine rings is 1. The van der Waals surface area contributed by atoms with Gasteiger partial charge in [-0.3, -0.25) is 4.90 Å². The molecular formula is C15H24FN3O. The summed E-state index contributed by atoms with van der Waals surface area (Å²) in [6, 6.07) is 5.61. The predicted molar refractivity (Wildman–Crippen MR) is 78.6 cm³/mol. The molecule has 0 aromatic heterocycles. The fraction of sp³-hybridized carbons (Fsp3) is 0.600. The van der Waals surface area contributed by atoms with E-state index in [-0.39, 0.29) is 5.82 Å². The zero-order valence-corrected chi connectivity index (χ0v) is 12.5. The molecule has 0 amide bonds. The average molecular weight is 281 g/mol. The van der Waals surface area contributed by atoms with E-state index in [1.807, 2.05) is 6.07 Å². The van der Waals surface area contributed by atoms with Crippen molar-refractivity contribution in [1.82, 2.24) is 15.1 Å². The van der Waals surface area contributed by atoms with Gasteiger partial charge in [-0.15, -0.1) is 0 Å². The van der Waals surface area contributed by atoms with Crippen molar-refractivity contribution < 1.29 is 9.13 Å². The molecule has 1 atom stereocenters. The molecule has 1 aliphatic heterocycles. The maximum atomic E-state index is 13.6. The Labute approximate surface area is 120 Å². The molecule has 4 nitrogen and oxygen atoms in total. The first-order valence-electron chi connectivity index (χ1n) is 7.02. The number of halogens is 1. The van der Waals surface area contributed by atoms with Gasteiger partial charge >= 0.3 is 0 Å². The molecule has 0 saturated carbocycles. The highest BCUT2D eigenvalue weighted by Gasteiger charge is 2.21. The molecule has 5 heteroatoms. The standard InChI is InChI=1S/C15H24FN3O/c1-18-6-7-19(2)13(11-18)10-17-9-12-4-5-15(20-3)14(16)8-12/h4-5,8,13,17H,6-7,9-11H2,1-3H3. The zero-order valence-electron chi connectivity index (χ0n) is 12.5. The van der Waals surface area contributed by atoms with Gasteiger partial charge in [0.1, 0.15) is 0 Å². The smallest absolute Gasteiger partial charge is 0.165 e. The molecule has 1 unspecified atom stereocenters. The van der Waals surface area contributed by atoms with Crippen LogP contribution < -0.4 is 10.1 Å². The SMILES string of the molecule is COc1ccc(CNCC2CN(C)CCN2C)cc1F. The second-order valence-corrected chi connectivity index (χ2v) is 5.50. The van der Waals surface area contributed by atoms with Crippen LogP contribution in [0.3, 0.4) is 0 Å². The summed E-state index contributed by atoms with van der Waals surface area (Å²) in [5.41, 5.74) is 0.940. The fourth-order valence-electron chi connectivity index (χ4n) is 2.52. The van der Waals surface area contributed by atoms with E-state index in [1.165, 1.54) is 13.2 Å². The number of likely N-dealkylation sites (N-methyl/N-ethyl adjacent to an activating group) is 2. The van der Waals surface area contributed by atoms with E-state index in [2.05, 4.69) is 29.2 Å². The Kier molecular flexibility index (Phi) is 5.34. The van der Waals surface area contributed by atoms with Gasteiger partial charge in [0.2, 0.25) is 0 Å². The Hall–Kier alpha value is -1.17. The number of rotatable bonds is 5. The molecule has 1 fully saturated rings. The largest absolute Gasteiger partial charge is 0.494 e. The third-order valence-corrected chi connectivity index (χ3v) is 3.91. The minimum atomic E-state index is -0.304. The lowest BCUT2D eigenvalue weighted by Gasteiger charge is -2.37. The Morgan fingerprint density at radius 1 is 1.35 bits per heavy atom. The van der Waals surface area contributed by atoms with Crippen LogP contribution in [0, 0.1) is 5.82 Å². The van der Waals surface area contributed by atoms with Crippen LogP contribution in [0.25, 0.3) is 0 Å². The molecule has 0 spiro atoms. The zero-order chi connectivity index (χ0) is 14.5. The second-order valence-electron chi connectivity index (χ2n) is 5.50. The second kappa shape index (κ2) is 7.02. The van der Waals surface area contributed by atoms with E-state index in [0.717, 1.165) is 31.7 Å². The summed E-state index contributed by atoms with van der Waals surface area (Å²) in [5.74, 6) is -0.0105. The Bertz CT molecular complexity index is 441. The summed E-state index contributed by atoms with van der Waals surface area (Å²) >= 11 is 0. The molecule has 1 aromatic carbocycles. The minimum absolute atomic E-state index is 0.294. The lowest BCUT2D eigenvalue weighted by atomic mass is 10.1. The number of nitrogens with one attached hydrogen (secondary N) is 1. The van der Waals surface area contributed by atoms with Crippen molar-refractivity contribution in [1.29, 1.82) is 0 Å². The molecule has 1 N–H and O–H groups in total. The van der Waals surface area contributed by atoms with Crippen LogP contribution in [0.15, 0.2) is 18.2 Å². The average Bonchev–Trinajstić information content (AvgIpc) is 2.43. The molecule has 1 aliphatic rings. The van der Waals surface area contributed by atoms with Gasteiger partial charge in [0.25, 0.3) is 0 Å². The van der Waals surface area contributed by atoms with Crippen molar-refractivity contribution in [3.05, 3.63) is 29.6 Å². The van der Waals surface area contributed by atoms with Gasteiger partial charge in [-0.25, -0.2) is 4.39 Å². The quantitative estimate of drug-likeness (QED) is 0.877. The molecule has 1 heterocycles. The third kappa shape index (κ3) is 3.91. The van der Waals surface area contributed by atoms with E-state index in [1.54, 1.807) is 6.07 Å². The Morgan fingerprint density at radius 3 is 2.85 bits per heavy atom. The van der Waals surface area contributed by atoms with E-state index >= 15 is 0 Å². The van der Waals surface area contributed by atoms with Crippen molar-refractivity contribution in [3.63, 3.8) is 0 Å². The summed E-state index contributed by atoms with van der Waals surface area (Å²) in [5, 5.41) is 3.41. The minimum Gasteiger partial charge on any atom is -0.494 e. The summed E-state index contributed by atoms with van der Waals surface area (Å²) in [7, 11) is 5.79. The van der Waals surface area contributed by atoms with Gasteiger partial charge in [-0.1, -0.05) is 6.07 Å². The maximum Gasteiger partial charge on any atom is 0.165 e. The number of methoxy groups -OCH3 is 1. The van der Waals surface area contributed by atoms with Crippen LogP contribution in [0.1, 0.15) is 5.56 Å². The molecule has 2 rings (SSSR count). The topological polar surface area (TPSA) is 27.7 Å². The van der Waals surface area contributed by atoms with Crippen LogP contribution in [-0.2, 0) is 6.54 Å². The van der Waals surface area contributed by atoms with Gasteiger partial charge in [0, 0.05) is 38.8 Å². The molecule has 20 heavy (non-hydrogen) atoms. The van der Waals surface area contributed by atoms with Crippen LogP contribution in [0.5, 0.6) is 5.75 Å². The highest BCUT2D eigenvalue weighted by atomic mass is 19.1. The number of nitrogens with zero attached hydrogens (tertiary/aromatic N) is 2. The van der Waals surface area contributed by atoms with Gasteiger partial charge in [0.15, 0.2) is 11.6 Å². The van der Waals surface area contributed by atoms with Crippen LogP contribution >= 0.6 is 0 Å². The highest BCUT2D eigenvalue weighted by molar-refractivity contribution is 5.29. The normalized spacial score (nSPS) is 21.1. The first-order chi connectivity index (χ1) is 9.60. The van der Waals surface area contributed by atoms with Gasteiger partial charge < -0.3 is 15.0 Å². The van der Waals surface area contributed by atoms with Gasteiger partial charge in [-0.2, -0.15) is 0 Å². The Balaban J connectivity index is 1.82. The number of hydrogen-bond acceptors (Lipinski definition) is 4. The van der Waals surface area contributed by atoms with E-state index in [0.29, 0.717) is 18.3 Å². The number of hydrogen-bond donors (Lipinski definition) is 1. The van der Waals surface area contributed by atoms with Gasteiger partial charge in [0.05, 0.1) is 7.11 Å². The molecule has 0 radical (unpaired) electrons. The molecule has 1 saturated heterocycles. The third-order valence-electron chi connectivity index (χ3n) is 3.91. The molecular weight excluding hydrogens is 257 g/mol. The molecule has 0 aliphatic carbocycles. The number of benzene rings is 1. The Morgan fingerprint density at radius 2 is 2.15 bits per heavy atom. The van der Waals surface area contributed by atoms with Crippen LogP contribution in [-0.4, -0.2) is 63.2 Å². The van der Waals surface area contributed by atoms with Crippen molar-refractivity contribution in [2.75, 3.05) is 47.4 Å². The van der Waals surface area contributed by atoms with E-state index < -0.39 is 0 Å². The highest BCUT2D eigenvalue weighted by Crippen LogP contribution is 2.17. The van der Waals surface area contributed by atoms with E-state index in [9.17, 15) is 4.39 Å². The van der Waals surface area contributed by atoms with E-state index in [4.69, 9.17) is 4.74 Å². The first-order valence-corrected chi connectivity index (χ1v) is 7.02. The monoisotopic (exact) mass is 281 g/mol. The number of ether oxygens (including phenoxy) is 1.